The van der Waals surface area contributed by atoms with Crippen LogP contribution in [-0.2, 0) is 91.1 Å². The normalized spacial score (nSPS) is 24.1. The fourth-order valence-electron chi connectivity index (χ4n) is 12.3. The predicted octanol–water partition coefficient (Wildman–Crippen LogP) is 3.17. The average Bonchev–Trinajstić information content (AvgIpc) is 1.60. The number of aliphatic hydroxyl groups excluding tert-OH is 4. The maximum absolute atomic E-state index is 15.2. The van der Waals surface area contributed by atoms with Crippen molar-refractivity contribution in [2.24, 2.45) is 11.8 Å². The van der Waals surface area contributed by atoms with Crippen molar-refractivity contribution in [1.29, 1.82) is 0 Å². The molecular weight excluding hydrogens is 1650 g/mol. The van der Waals surface area contributed by atoms with Crippen LogP contribution in [0.5, 0.6) is 11.5 Å². The lowest BCUT2D eigenvalue weighted by atomic mass is 9.92. The lowest BCUT2D eigenvalue weighted by Gasteiger charge is -2.28. The van der Waals surface area contributed by atoms with Gasteiger partial charge in [0.2, 0.25) is 18.7 Å². The Morgan fingerprint density at radius 3 is 1.43 bits per heavy atom. The van der Waals surface area contributed by atoms with Gasteiger partial charge in [-0.3, -0.25) is 49.4 Å². The van der Waals surface area contributed by atoms with Gasteiger partial charge in [0.15, 0.2) is 29.8 Å². The number of nitrogens with one attached hydrogen (secondary N) is 3. The van der Waals surface area contributed by atoms with Crippen LogP contribution in [0.4, 0.5) is 63.9 Å². The Morgan fingerprint density at radius 2 is 1.02 bits per heavy atom. The Morgan fingerprint density at radius 1 is 0.590 bits per heavy atom. The standard InChI is InChI=1S/C29H28F2N6O11.C23H22F2N6O8.C19H20F2N4O10/c1-14(2)45-19-6-5-17-9-20(25(40)47-21(17)10-19)37-11-18(34-35-37)12-44-28(42)33-23-7-8-36(27(41)32-23)26-29(30,31)24(46-16(4)39)22(48-26)13-43-15(3)38;1-11-2-3-12-7-14(19(34)38-15(12)6-11)31-8-13(28-29-31)10-37-22(36)27-17-4-5-30(21(35)26-17)20-23(24,25)18(33)16(9-32)39-20;1-32-11-5-9(10(25(30)31)6-12(11)33-2)8-34-18(29)23-14-3-4-24(17(28)22-14)16-19(20,21)15(27)13(7-26)35-16/h5-11,17,21-22,24,26H,1,12-13H2,2-4H3,(H,32,33,41,42);2-8,12,15-16,18,20,32-33H,9-10H2,1H3,(H,26,27,35,36);3-6,13,15-16,26-27H,7-8H2,1-2H3,(H,22,23,28,29). The van der Waals surface area contributed by atoms with Gasteiger partial charge in [0.25, 0.3) is 5.69 Å². The van der Waals surface area contributed by atoms with E-state index in [-0.39, 0.29) is 75.7 Å². The SMILES string of the molecule is C=C(C)OC1=CC2OC(=O)C(n3cc(COC(=O)Nc4ccn(C5OC(COC(C)=O)C(OC(C)=O)C5(F)F)c(=O)n4)nn3)=CC2C=C1.CC1=CC2OC(=O)C(n3cc(COC(=O)Nc4ccn(C5OC(CO)C(O)C5(F)F)c(=O)n4)nn3)=CC2C=C1.COc1cc(COC(=O)Nc2ccn(C3OC(CO)C(O)C3(F)F)c(=O)n2)c([N+](=O)[O-])cc1OC. The van der Waals surface area contributed by atoms with Gasteiger partial charge in [-0.05, 0) is 68.5 Å². The first kappa shape index (κ1) is 88.9. The lowest BCUT2D eigenvalue weighted by Crippen LogP contribution is -2.44. The highest BCUT2D eigenvalue weighted by Gasteiger charge is 2.64. The van der Waals surface area contributed by atoms with Gasteiger partial charge < -0.3 is 82.0 Å². The molecule has 45 nitrogen and oxygen atoms in total. The van der Waals surface area contributed by atoms with Crippen molar-refractivity contribution in [2.45, 2.75) is 133 Å². The molecule has 13 unspecified atom stereocenters. The number of halogens is 6. The first-order valence-corrected chi connectivity index (χ1v) is 35.6. The van der Waals surface area contributed by atoms with E-state index in [0.717, 1.165) is 67.0 Å². The second-order valence-corrected chi connectivity index (χ2v) is 26.7. The Bertz CT molecular complexity index is 5450. The van der Waals surface area contributed by atoms with Gasteiger partial charge in [0, 0.05) is 44.3 Å². The number of benzene rings is 1. The number of hydrogen-bond acceptors (Lipinski definition) is 36. The fraction of sp³-hybridized carbons (Fsp3) is 0.394. The molecule has 0 radical (unpaired) electrons. The molecule has 5 aliphatic heterocycles. The first-order valence-electron chi connectivity index (χ1n) is 35.6. The number of nitrogens with zero attached hydrogens (tertiary/aromatic N) is 13. The van der Waals surface area contributed by atoms with Crippen LogP contribution in [0.3, 0.4) is 0 Å². The van der Waals surface area contributed by atoms with Gasteiger partial charge in [0.05, 0.1) is 62.1 Å². The number of rotatable bonds is 24. The van der Waals surface area contributed by atoms with Crippen LogP contribution >= 0.6 is 0 Å². The van der Waals surface area contributed by atoms with Gasteiger partial charge in [-0.2, -0.15) is 41.3 Å². The minimum absolute atomic E-state index is 0.0243. The van der Waals surface area contributed by atoms with E-state index in [1.807, 2.05) is 25.2 Å². The van der Waals surface area contributed by atoms with Crippen molar-refractivity contribution < 1.29 is 147 Å². The van der Waals surface area contributed by atoms with Crippen LogP contribution in [0.2, 0.25) is 0 Å². The fourth-order valence-corrected chi connectivity index (χ4v) is 12.3. The lowest BCUT2D eigenvalue weighted by molar-refractivity contribution is -0.385. The van der Waals surface area contributed by atoms with Crippen molar-refractivity contribution in [1.82, 2.24) is 58.6 Å². The van der Waals surface area contributed by atoms with E-state index in [9.17, 15) is 85.8 Å². The number of anilines is 3. The molecule has 2 aliphatic carbocycles. The summed E-state index contributed by atoms with van der Waals surface area (Å²) in [6, 6.07) is 5.40. The Balaban J connectivity index is 0.000000181. The summed E-state index contributed by atoms with van der Waals surface area (Å²) >= 11 is 0. The van der Waals surface area contributed by atoms with Crippen LogP contribution < -0.4 is 42.5 Å². The van der Waals surface area contributed by atoms with Crippen molar-refractivity contribution in [3.8, 4) is 11.5 Å². The van der Waals surface area contributed by atoms with E-state index in [4.69, 9.17) is 71.8 Å². The smallest absolute Gasteiger partial charge is 0.413 e. The van der Waals surface area contributed by atoms with Crippen molar-refractivity contribution in [3.63, 3.8) is 0 Å². The molecule has 7 aliphatic rings. The quantitative estimate of drug-likeness (QED) is 0.0114. The molecule has 3 saturated heterocycles. The molecule has 13 rings (SSSR count). The number of ether oxygens (including phenoxy) is 13. The molecule has 7 N–H and O–H groups in total. The highest BCUT2D eigenvalue weighted by atomic mass is 19.3. The number of esters is 4. The highest BCUT2D eigenvalue weighted by Crippen LogP contribution is 2.46. The summed E-state index contributed by atoms with van der Waals surface area (Å²) in [5.41, 5.74) is -2.60. The zero-order valence-electron chi connectivity index (χ0n) is 63.9. The van der Waals surface area contributed by atoms with E-state index >= 15 is 8.78 Å². The number of methoxy groups -OCH3 is 2. The van der Waals surface area contributed by atoms with Gasteiger partial charge in [-0.1, -0.05) is 40.8 Å². The maximum Gasteiger partial charge on any atom is 0.413 e. The van der Waals surface area contributed by atoms with E-state index in [1.54, 1.807) is 37.3 Å². The molecule has 0 spiro atoms. The molecule has 650 valence electrons. The van der Waals surface area contributed by atoms with Crippen LogP contribution in [0.25, 0.3) is 11.4 Å². The number of nitro benzene ring substituents is 1. The van der Waals surface area contributed by atoms with Gasteiger partial charge >= 0.3 is 77.0 Å². The van der Waals surface area contributed by atoms with E-state index in [1.165, 1.54) is 37.4 Å². The molecule has 6 aromatic rings. The predicted molar refractivity (Wildman–Crippen MR) is 389 cm³/mol. The molecule has 10 heterocycles. The molecule has 3 fully saturated rings. The average molecular weight is 1730 g/mol. The summed E-state index contributed by atoms with van der Waals surface area (Å²) in [6.07, 6.45) is -3.12. The van der Waals surface area contributed by atoms with Crippen LogP contribution in [0.15, 0.2) is 148 Å². The van der Waals surface area contributed by atoms with E-state index < -0.39 is 188 Å². The number of carbonyl (C=O) groups excluding carboxylic acids is 7. The molecule has 5 aromatic heterocycles. The van der Waals surface area contributed by atoms with E-state index in [0.29, 0.717) is 25.2 Å². The third-order valence-corrected chi connectivity index (χ3v) is 18.0. The monoisotopic (exact) mass is 1720 g/mol. The summed E-state index contributed by atoms with van der Waals surface area (Å²) in [7, 11) is 2.60. The minimum atomic E-state index is -3.94. The Hall–Kier alpha value is -13.9. The molecule has 122 heavy (non-hydrogen) atoms. The molecule has 0 bridgehead atoms. The molecule has 1 aromatic carbocycles. The van der Waals surface area contributed by atoms with E-state index in [2.05, 4.69) is 58.1 Å². The number of aliphatic hydroxyl groups is 4. The number of allylic oxidation sites excluding steroid dienone is 4. The van der Waals surface area contributed by atoms with Crippen molar-refractivity contribution in [2.75, 3.05) is 50.0 Å². The van der Waals surface area contributed by atoms with Gasteiger partial charge in [-0.15, -0.1) is 10.2 Å². The highest BCUT2D eigenvalue weighted by molar-refractivity contribution is 6.11. The van der Waals surface area contributed by atoms with Gasteiger partial charge in [0.1, 0.15) is 103 Å². The summed E-state index contributed by atoms with van der Waals surface area (Å²) in [5.74, 6) is -15.1. The van der Waals surface area contributed by atoms with Gasteiger partial charge in [-0.25, -0.2) is 47.7 Å². The zero-order chi connectivity index (χ0) is 88.6. The number of hydrogen-bond donors (Lipinski definition) is 7. The van der Waals surface area contributed by atoms with Crippen LogP contribution in [0, 0.1) is 22.0 Å². The maximum atomic E-state index is 15.2. The zero-order valence-corrected chi connectivity index (χ0v) is 63.9. The third-order valence-electron chi connectivity index (χ3n) is 18.0. The molecule has 51 heteroatoms. The summed E-state index contributed by atoms with van der Waals surface area (Å²) in [5, 5.41) is 70.6. The second kappa shape index (κ2) is 37.2. The number of carbonyl (C=O) groups is 7. The minimum Gasteiger partial charge on any atom is -0.493 e. The third kappa shape index (κ3) is 20.2. The van der Waals surface area contributed by atoms with Crippen LogP contribution in [-0.4, -0.2) is 227 Å². The molecule has 13 atom stereocenters. The van der Waals surface area contributed by atoms with Crippen LogP contribution in [0.1, 0.15) is 63.3 Å². The molecular formula is C71H70F6N16O29. The van der Waals surface area contributed by atoms with Crippen molar-refractivity contribution in [3.05, 3.63) is 192 Å². The second-order valence-electron chi connectivity index (χ2n) is 26.7. The summed E-state index contributed by atoms with van der Waals surface area (Å²) in [6.45, 7) is 5.41. The topological polar surface area (TPSA) is 566 Å². The summed E-state index contributed by atoms with van der Waals surface area (Å²) < 4.78 is 157. The number of amides is 3. The number of alkyl halides is 6. The number of nitro groups is 1. The number of fused-ring (bicyclic) bond motifs is 2. The summed E-state index contributed by atoms with van der Waals surface area (Å²) in [4.78, 5) is 143. The molecule has 0 saturated carbocycles. The first-order chi connectivity index (χ1) is 57.8. The largest absolute Gasteiger partial charge is 0.493 e. The number of aromatic nitrogens is 12. The van der Waals surface area contributed by atoms with Crippen molar-refractivity contribution >= 4 is 76.7 Å². The Labute approximate surface area is 678 Å². The Kier molecular flexibility index (Phi) is 27.1. The molecule has 3 amide bonds.